The zero-order chi connectivity index (χ0) is 13.2. The first kappa shape index (κ1) is 12.8. The van der Waals surface area contributed by atoms with Gasteiger partial charge in [0.05, 0.1) is 19.1 Å². The molecule has 2 fully saturated rings. The first-order valence-electron chi connectivity index (χ1n) is 6.66. The van der Waals surface area contributed by atoms with E-state index >= 15 is 0 Å². The van der Waals surface area contributed by atoms with E-state index in [0.717, 1.165) is 43.6 Å². The lowest BCUT2D eigenvalue weighted by Gasteiger charge is -2.29. The summed E-state index contributed by atoms with van der Waals surface area (Å²) >= 11 is 1.42. The molecule has 1 unspecified atom stereocenters. The molecule has 3 heterocycles. The van der Waals surface area contributed by atoms with Gasteiger partial charge >= 0.3 is 0 Å². The number of aryl methyl sites for hydroxylation is 1. The van der Waals surface area contributed by atoms with Crippen LogP contribution in [0, 0.1) is 12.8 Å². The summed E-state index contributed by atoms with van der Waals surface area (Å²) in [5.41, 5.74) is 0. The molecule has 2 saturated heterocycles. The highest BCUT2D eigenvalue weighted by Crippen LogP contribution is 2.26. The fourth-order valence-electron chi connectivity index (χ4n) is 2.59. The first-order valence-corrected chi connectivity index (χ1v) is 7.43. The van der Waals surface area contributed by atoms with Crippen LogP contribution in [-0.2, 0) is 9.53 Å². The molecular weight excluding hydrogens is 264 g/mol. The molecule has 0 aliphatic carbocycles. The van der Waals surface area contributed by atoms with Crippen LogP contribution in [-0.4, -0.2) is 59.6 Å². The molecule has 0 spiro atoms. The number of hydrogen-bond acceptors (Lipinski definition) is 6. The van der Waals surface area contributed by atoms with Crippen LogP contribution in [0.5, 0.6) is 0 Å². The van der Waals surface area contributed by atoms with Crippen molar-refractivity contribution in [2.75, 3.05) is 44.3 Å². The van der Waals surface area contributed by atoms with Crippen LogP contribution in [0.4, 0.5) is 5.13 Å². The molecule has 0 bridgehead atoms. The molecule has 6 nitrogen and oxygen atoms in total. The minimum Gasteiger partial charge on any atom is -0.378 e. The SMILES string of the molecule is Cc1nsc(N2CCC(C(=O)N3CCOCC3)C2)n1. The number of amides is 1. The van der Waals surface area contributed by atoms with Crippen LogP contribution < -0.4 is 4.90 Å². The number of carbonyl (C=O) groups is 1. The molecule has 2 aliphatic heterocycles. The maximum atomic E-state index is 12.4. The summed E-state index contributed by atoms with van der Waals surface area (Å²) in [6.07, 6.45) is 0.912. The van der Waals surface area contributed by atoms with E-state index in [1.165, 1.54) is 11.5 Å². The highest BCUT2D eigenvalue weighted by atomic mass is 32.1. The second-order valence-electron chi connectivity index (χ2n) is 4.99. The third-order valence-electron chi connectivity index (χ3n) is 3.65. The number of aromatic nitrogens is 2. The monoisotopic (exact) mass is 282 g/mol. The van der Waals surface area contributed by atoms with Gasteiger partial charge in [0.25, 0.3) is 0 Å². The third-order valence-corrected chi connectivity index (χ3v) is 4.52. The van der Waals surface area contributed by atoms with Crippen LogP contribution in [0.3, 0.4) is 0 Å². The van der Waals surface area contributed by atoms with Crippen molar-refractivity contribution < 1.29 is 9.53 Å². The van der Waals surface area contributed by atoms with Gasteiger partial charge in [-0.3, -0.25) is 4.79 Å². The highest BCUT2D eigenvalue weighted by Gasteiger charge is 2.33. The van der Waals surface area contributed by atoms with E-state index in [2.05, 4.69) is 14.3 Å². The number of anilines is 1. The molecule has 3 rings (SSSR count). The fourth-order valence-corrected chi connectivity index (χ4v) is 3.30. The van der Waals surface area contributed by atoms with E-state index in [1.807, 2.05) is 11.8 Å². The normalized spacial score (nSPS) is 23.9. The summed E-state index contributed by atoms with van der Waals surface area (Å²) in [6, 6.07) is 0. The fraction of sp³-hybridized carbons (Fsp3) is 0.750. The van der Waals surface area contributed by atoms with Gasteiger partial charge in [0.1, 0.15) is 5.82 Å². The molecule has 2 aliphatic rings. The molecule has 0 radical (unpaired) electrons. The predicted molar refractivity (Wildman–Crippen MR) is 72.4 cm³/mol. The van der Waals surface area contributed by atoms with Crippen molar-refractivity contribution in [2.45, 2.75) is 13.3 Å². The van der Waals surface area contributed by atoms with Gasteiger partial charge in [0.15, 0.2) is 0 Å². The van der Waals surface area contributed by atoms with Gasteiger partial charge in [-0.2, -0.15) is 4.37 Å². The predicted octanol–water partition coefficient (Wildman–Crippen LogP) is 0.532. The van der Waals surface area contributed by atoms with Crippen LogP contribution in [0.25, 0.3) is 0 Å². The Hall–Kier alpha value is -1.21. The highest BCUT2D eigenvalue weighted by molar-refractivity contribution is 7.09. The average Bonchev–Trinajstić information content (AvgIpc) is 3.07. The topological polar surface area (TPSA) is 58.6 Å². The molecule has 1 aromatic rings. The number of morpholine rings is 1. The Morgan fingerprint density at radius 2 is 2.16 bits per heavy atom. The summed E-state index contributed by atoms with van der Waals surface area (Å²) in [6.45, 7) is 6.35. The van der Waals surface area contributed by atoms with Gasteiger partial charge in [-0.25, -0.2) is 4.98 Å². The summed E-state index contributed by atoms with van der Waals surface area (Å²) in [4.78, 5) is 20.9. The van der Waals surface area contributed by atoms with Gasteiger partial charge in [-0.15, -0.1) is 0 Å². The van der Waals surface area contributed by atoms with Crippen molar-refractivity contribution in [1.29, 1.82) is 0 Å². The van der Waals surface area contributed by atoms with Crippen molar-refractivity contribution >= 4 is 22.6 Å². The third kappa shape index (κ3) is 2.71. The van der Waals surface area contributed by atoms with Crippen molar-refractivity contribution in [3.05, 3.63) is 5.82 Å². The van der Waals surface area contributed by atoms with Crippen LogP contribution >= 0.6 is 11.5 Å². The molecule has 1 aromatic heterocycles. The van der Waals surface area contributed by atoms with Crippen molar-refractivity contribution in [3.8, 4) is 0 Å². The van der Waals surface area contributed by atoms with Gasteiger partial charge in [-0.05, 0) is 13.3 Å². The lowest BCUT2D eigenvalue weighted by atomic mass is 10.1. The summed E-state index contributed by atoms with van der Waals surface area (Å²) in [5, 5.41) is 0.940. The van der Waals surface area contributed by atoms with E-state index in [1.54, 1.807) is 0 Å². The lowest BCUT2D eigenvalue weighted by molar-refractivity contribution is -0.138. The molecule has 19 heavy (non-hydrogen) atoms. The molecule has 1 amide bonds. The molecule has 104 valence electrons. The number of rotatable bonds is 2. The Morgan fingerprint density at radius 3 is 2.84 bits per heavy atom. The van der Waals surface area contributed by atoms with Crippen molar-refractivity contribution in [1.82, 2.24) is 14.3 Å². The van der Waals surface area contributed by atoms with E-state index in [0.29, 0.717) is 13.2 Å². The minimum absolute atomic E-state index is 0.0994. The Kier molecular flexibility index (Phi) is 3.65. The van der Waals surface area contributed by atoms with E-state index in [9.17, 15) is 4.79 Å². The summed E-state index contributed by atoms with van der Waals surface area (Å²) in [5.74, 6) is 1.18. The lowest BCUT2D eigenvalue weighted by Crippen LogP contribution is -2.44. The van der Waals surface area contributed by atoms with E-state index < -0.39 is 0 Å². The van der Waals surface area contributed by atoms with Crippen LogP contribution in [0.2, 0.25) is 0 Å². The number of ether oxygens (including phenoxy) is 1. The Balaban J connectivity index is 1.60. The van der Waals surface area contributed by atoms with Gasteiger partial charge in [0, 0.05) is 37.7 Å². The van der Waals surface area contributed by atoms with Crippen molar-refractivity contribution in [2.24, 2.45) is 5.92 Å². The smallest absolute Gasteiger partial charge is 0.227 e. The second-order valence-corrected chi connectivity index (χ2v) is 5.72. The molecular formula is C12H18N4O2S. The first-order chi connectivity index (χ1) is 9.24. The maximum Gasteiger partial charge on any atom is 0.227 e. The standard InChI is InChI=1S/C12H18N4O2S/c1-9-13-12(19-14-9)16-3-2-10(8-16)11(17)15-4-6-18-7-5-15/h10H,2-8H2,1H3. The zero-order valence-electron chi connectivity index (χ0n) is 11.0. The van der Waals surface area contributed by atoms with Crippen molar-refractivity contribution in [3.63, 3.8) is 0 Å². The number of nitrogens with zero attached hydrogens (tertiary/aromatic N) is 4. The zero-order valence-corrected chi connectivity index (χ0v) is 11.9. The van der Waals surface area contributed by atoms with Gasteiger partial charge < -0.3 is 14.5 Å². The van der Waals surface area contributed by atoms with Gasteiger partial charge in [-0.1, -0.05) is 0 Å². The Bertz CT molecular complexity index is 458. The largest absolute Gasteiger partial charge is 0.378 e. The van der Waals surface area contributed by atoms with Gasteiger partial charge in [0.2, 0.25) is 11.0 Å². The minimum atomic E-state index is 0.0994. The van der Waals surface area contributed by atoms with E-state index in [-0.39, 0.29) is 11.8 Å². The molecule has 0 aromatic carbocycles. The molecule has 1 atom stereocenters. The maximum absolute atomic E-state index is 12.4. The molecule has 0 saturated carbocycles. The second kappa shape index (κ2) is 5.42. The quantitative estimate of drug-likeness (QED) is 0.792. The molecule has 0 N–H and O–H groups in total. The van der Waals surface area contributed by atoms with Crippen LogP contribution in [0.1, 0.15) is 12.2 Å². The summed E-state index contributed by atoms with van der Waals surface area (Å²) < 4.78 is 9.48. The van der Waals surface area contributed by atoms with Crippen LogP contribution in [0.15, 0.2) is 0 Å². The average molecular weight is 282 g/mol. The summed E-state index contributed by atoms with van der Waals surface area (Å²) in [7, 11) is 0. The number of carbonyl (C=O) groups excluding carboxylic acids is 1. The van der Waals surface area contributed by atoms with E-state index in [4.69, 9.17) is 4.74 Å². The molecule has 7 heteroatoms. The Labute approximate surface area is 116 Å². The Morgan fingerprint density at radius 1 is 1.37 bits per heavy atom. The number of hydrogen-bond donors (Lipinski definition) is 0.